The Morgan fingerprint density at radius 2 is 2.25 bits per heavy atom. The number of aliphatic hydroxyl groups is 1. The molecule has 2 N–H and O–H groups in total. The zero-order chi connectivity index (χ0) is 14.8. The summed E-state index contributed by atoms with van der Waals surface area (Å²) in [5.74, 6) is 0. The summed E-state index contributed by atoms with van der Waals surface area (Å²) in [5, 5.41) is 17.6. The number of likely N-dealkylation sites (N-methyl/N-ethyl adjacent to an activating group) is 1. The molecule has 0 aliphatic rings. The molecule has 2 aromatic heterocycles. The second-order valence-electron chi connectivity index (χ2n) is 4.45. The standard InChI is InChI=1S/C12H17N3O3S2/c1-9-11(8-16)12(14-13-9)20(17,18)15(2)6-5-10-4-3-7-19-10/h3-4,7,16H,5-6,8H2,1-2H3,(H,13,14). The number of thiophene rings is 1. The molecule has 8 heteroatoms. The zero-order valence-electron chi connectivity index (χ0n) is 11.3. The zero-order valence-corrected chi connectivity index (χ0v) is 13.0. The number of H-pyrrole nitrogens is 1. The van der Waals surface area contributed by atoms with Crippen molar-refractivity contribution >= 4 is 21.4 Å². The van der Waals surface area contributed by atoms with E-state index in [1.807, 2.05) is 17.5 Å². The van der Waals surface area contributed by atoms with E-state index in [-0.39, 0.29) is 11.6 Å². The van der Waals surface area contributed by atoms with E-state index in [0.29, 0.717) is 24.2 Å². The normalized spacial score (nSPS) is 12.2. The van der Waals surface area contributed by atoms with Crippen LogP contribution in [0.15, 0.2) is 22.5 Å². The molecule has 0 radical (unpaired) electrons. The van der Waals surface area contributed by atoms with Gasteiger partial charge in [-0.05, 0) is 24.8 Å². The van der Waals surface area contributed by atoms with Crippen molar-refractivity contribution in [3.8, 4) is 0 Å². The number of aromatic nitrogens is 2. The second kappa shape index (κ2) is 6.04. The van der Waals surface area contributed by atoms with Crippen LogP contribution in [0, 0.1) is 6.92 Å². The number of aliphatic hydroxyl groups excluding tert-OH is 1. The first-order valence-electron chi connectivity index (χ1n) is 6.10. The molecule has 0 atom stereocenters. The molecule has 0 unspecified atom stereocenters. The first kappa shape index (κ1) is 15.2. The number of nitrogens with one attached hydrogen (secondary N) is 1. The predicted molar refractivity (Wildman–Crippen MR) is 77.1 cm³/mol. The third-order valence-corrected chi connectivity index (χ3v) is 5.87. The molecule has 0 spiro atoms. The van der Waals surface area contributed by atoms with E-state index in [2.05, 4.69) is 10.2 Å². The van der Waals surface area contributed by atoms with E-state index >= 15 is 0 Å². The lowest BCUT2D eigenvalue weighted by atomic mass is 10.3. The van der Waals surface area contributed by atoms with Gasteiger partial charge in [-0.15, -0.1) is 11.3 Å². The highest BCUT2D eigenvalue weighted by atomic mass is 32.2. The van der Waals surface area contributed by atoms with Gasteiger partial charge in [0.2, 0.25) is 0 Å². The van der Waals surface area contributed by atoms with Gasteiger partial charge in [0.05, 0.1) is 6.61 Å². The van der Waals surface area contributed by atoms with Gasteiger partial charge in [-0.2, -0.15) is 9.40 Å². The molecule has 0 amide bonds. The topological polar surface area (TPSA) is 86.3 Å². The molecule has 0 bridgehead atoms. The van der Waals surface area contributed by atoms with Crippen LogP contribution in [0.4, 0.5) is 0 Å². The van der Waals surface area contributed by atoms with Gasteiger partial charge >= 0.3 is 0 Å². The fourth-order valence-corrected chi connectivity index (χ4v) is 3.83. The number of nitrogens with zero attached hydrogens (tertiary/aromatic N) is 2. The van der Waals surface area contributed by atoms with Crippen LogP contribution in [0.2, 0.25) is 0 Å². The highest BCUT2D eigenvalue weighted by molar-refractivity contribution is 7.89. The molecular formula is C12H17N3O3S2. The van der Waals surface area contributed by atoms with Crippen molar-refractivity contribution in [2.24, 2.45) is 0 Å². The summed E-state index contributed by atoms with van der Waals surface area (Å²) >= 11 is 1.60. The maximum absolute atomic E-state index is 12.4. The molecule has 0 aromatic carbocycles. The van der Waals surface area contributed by atoms with Crippen LogP contribution in [0.25, 0.3) is 0 Å². The summed E-state index contributed by atoms with van der Waals surface area (Å²) in [6.07, 6.45) is 0.658. The SMILES string of the molecule is Cc1[nH]nc(S(=O)(=O)N(C)CCc2cccs2)c1CO. The van der Waals surface area contributed by atoms with Gasteiger partial charge in [0.25, 0.3) is 10.0 Å². The summed E-state index contributed by atoms with van der Waals surface area (Å²) in [6, 6.07) is 3.92. The number of hydrogen-bond acceptors (Lipinski definition) is 5. The Labute approximate surface area is 122 Å². The van der Waals surface area contributed by atoms with E-state index in [1.165, 1.54) is 11.4 Å². The average molecular weight is 315 g/mol. The van der Waals surface area contributed by atoms with E-state index in [9.17, 15) is 13.5 Å². The Hall–Kier alpha value is -1.22. The van der Waals surface area contributed by atoms with Crippen LogP contribution in [0.5, 0.6) is 0 Å². The van der Waals surface area contributed by atoms with E-state index in [1.54, 1.807) is 18.3 Å². The highest BCUT2D eigenvalue weighted by Gasteiger charge is 2.27. The molecule has 0 saturated heterocycles. The van der Waals surface area contributed by atoms with Crippen molar-refractivity contribution in [1.29, 1.82) is 0 Å². The highest BCUT2D eigenvalue weighted by Crippen LogP contribution is 2.20. The Balaban J connectivity index is 2.16. The molecule has 0 fully saturated rings. The molecule has 2 heterocycles. The minimum absolute atomic E-state index is 0.0915. The molecular weight excluding hydrogens is 298 g/mol. The summed E-state index contributed by atoms with van der Waals surface area (Å²) in [6.45, 7) is 1.71. The summed E-state index contributed by atoms with van der Waals surface area (Å²) in [5.41, 5.74) is 0.894. The molecule has 6 nitrogen and oxygen atoms in total. The van der Waals surface area contributed by atoms with Crippen LogP contribution in [0.3, 0.4) is 0 Å². The Morgan fingerprint density at radius 1 is 1.50 bits per heavy atom. The van der Waals surface area contributed by atoms with Crippen LogP contribution < -0.4 is 0 Å². The van der Waals surface area contributed by atoms with Crippen molar-refractivity contribution in [3.05, 3.63) is 33.6 Å². The summed E-state index contributed by atoms with van der Waals surface area (Å²) in [7, 11) is -2.16. The smallest absolute Gasteiger partial charge is 0.262 e. The molecule has 110 valence electrons. The van der Waals surface area contributed by atoms with Crippen molar-refractivity contribution in [3.63, 3.8) is 0 Å². The molecule has 0 saturated carbocycles. The lowest BCUT2D eigenvalue weighted by molar-refractivity contribution is 0.277. The van der Waals surface area contributed by atoms with Gasteiger partial charge in [-0.1, -0.05) is 6.07 Å². The monoisotopic (exact) mass is 315 g/mol. The Kier molecular flexibility index (Phi) is 4.59. The quantitative estimate of drug-likeness (QED) is 0.837. The third-order valence-electron chi connectivity index (χ3n) is 3.10. The Morgan fingerprint density at radius 3 is 2.85 bits per heavy atom. The molecule has 0 aliphatic carbocycles. The van der Waals surface area contributed by atoms with Gasteiger partial charge in [0.15, 0.2) is 5.03 Å². The lowest BCUT2D eigenvalue weighted by Crippen LogP contribution is -2.30. The molecule has 2 rings (SSSR count). The van der Waals surface area contributed by atoms with Gasteiger partial charge in [-0.3, -0.25) is 5.10 Å². The molecule has 20 heavy (non-hydrogen) atoms. The predicted octanol–water partition coefficient (Wildman–Crippen LogP) is 1.14. The lowest BCUT2D eigenvalue weighted by Gasteiger charge is -2.15. The van der Waals surface area contributed by atoms with E-state index in [0.717, 1.165) is 4.88 Å². The first-order chi connectivity index (χ1) is 9.46. The minimum atomic E-state index is -3.68. The van der Waals surface area contributed by atoms with Crippen molar-refractivity contribution in [1.82, 2.24) is 14.5 Å². The van der Waals surface area contributed by atoms with Crippen molar-refractivity contribution in [2.75, 3.05) is 13.6 Å². The molecule has 2 aromatic rings. The van der Waals surface area contributed by atoms with Crippen LogP contribution >= 0.6 is 11.3 Å². The van der Waals surface area contributed by atoms with Gasteiger partial charge < -0.3 is 5.11 Å². The van der Waals surface area contributed by atoms with Gasteiger partial charge in [-0.25, -0.2) is 8.42 Å². The van der Waals surface area contributed by atoms with Gasteiger partial charge in [0, 0.05) is 29.7 Å². The maximum Gasteiger partial charge on any atom is 0.262 e. The fraction of sp³-hybridized carbons (Fsp3) is 0.417. The van der Waals surface area contributed by atoms with E-state index < -0.39 is 10.0 Å². The minimum Gasteiger partial charge on any atom is -0.392 e. The Bertz CT molecular complexity index is 662. The van der Waals surface area contributed by atoms with Crippen LogP contribution in [0.1, 0.15) is 16.1 Å². The van der Waals surface area contributed by atoms with Crippen LogP contribution in [-0.4, -0.2) is 41.6 Å². The number of hydrogen-bond donors (Lipinski definition) is 2. The number of sulfonamides is 1. The second-order valence-corrected chi connectivity index (χ2v) is 7.44. The van der Waals surface area contributed by atoms with Crippen molar-refractivity contribution < 1.29 is 13.5 Å². The first-order valence-corrected chi connectivity index (χ1v) is 8.42. The largest absolute Gasteiger partial charge is 0.392 e. The maximum atomic E-state index is 12.4. The molecule has 0 aliphatic heterocycles. The third kappa shape index (κ3) is 2.93. The summed E-state index contributed by atoms with van der Waals surface area (Å²) < 4.78 is 26.1. The van der Waals surface area contributed by atoms with Crippen LogP contribution in [-0.2, 0) is 23.1 Å². The number of rotatable bonds is 6. The van der Waals surface area contributed by atoms with Crippen molar-refractivity contribution in [2.45, 2.75) is 25.0 Å². The average Bonchev–Trinajstić information content (AvgIpc) is 3.04. The summed E-state index contributed by atoms with van der Waals surface area (Å²) in [4.78, 5) is 1.13. The number of aromatic amines is 1. The van der Waals surface area contributed by atoms with Gasteiger partial charge in [0.1, 0.15) is 0 Å². The van der Waals surface area contributed by atoms with E-state index in [4.69, 9.17) is 0 Å². The fourth-order valence-electron chi connectivity index (χ4n) is 1.82. The number of aryl methyl sites for hydroxylation is 1.